The van der Waals surface area contributed by atoms with Gasteiger partial charge < -0.3 is 50.8 Å². The van der Waals surface area contributed by atoms with Crippen LogP contribution in [0.4, 0.5) is 0 Å². The Kier molecular flexibility index (Phi) is 31.2. The first-order valence-electron chi connectivity index (χ1n) is 24.7. The van der Waals surface area contributed by atoms with E-state index in [9.17, 15) is 38.7 Å². The number of aliphatic hydroxyl groups excluding tert-OH is 1. The number of primary amides is 1. The summed E-state index contributed by atoms with van der Waals surface area (Å²) in [5, 5.41) is 25.5. The number of unbranched alkanes of at least 4 members (excludes halogenated alkanes) is 18. The first kappa shape index (κ1) is 56.3. The van der Waals surface area contributed by atoms with Gasteiger partial charge in [-0.15, -0.1) is 0 Å². The fourth-order valence-corrected chi connectivity index (χ4v) is 7.55. The molecule has 0 saturated carbocycles. The predicted molar refractivity (Wildman–Crippen MR) is 242 cm³/mol. The van der Waals surface area contributed by atoms with Crippen molar-refractivity contribution in [2.24, 2.45) is 5.73 Å². The molecule has 0 aromatic rings. The van der Waals surface area contributed by atoms with Crippen LogP contribution in [-0.4, -0.2) is 114 Å². The SMILES string of the molecule is [2H]N(C(=O)[C@@H](C)O[C@H]1[C@H](O)[C@@H](COC(=O)C[C@@H](CCCCCCCCCCC)OC(=O)CCCCCCCCCCCCC)OC[C@@H]1NC(C)=O)[C@@H](C)C(=O)N[C@@H](CCC(=O)O)C(N)=O. The summed E-state index contributed by atoms with van der Waals surface area (Å²) in [5.41, 5.74) is 5.29. The Morgan fingerprint density at radius 3 is 1.80 bits per heavy atom. The van der Waals surface area contributed by atoms with Crippen molar-refractivity contribution in [3.05, 3.63) is 0 Å². The molecule has 7 N–H and O–H groups in total. The van der Waals surface area contributed by atoms with Gasteiger partial charge in [-0.2, -0.15) is 0 Å². The van der Waals surface area contributed by atoms with Crippen molar-refractivity contribution in [2.75, 3.05) is 13.2 Å². The molecule has 0 bridgehead atoms. The number of rotatable bonds is 38. The van der Waals surface area contributed by atoms with Crippen LogP contribution in [0.3, 0.4) is 0 Å². The van der Waals surface area contributed by atoms with Crippen LogP contribution in [0.2, 0.25) is 1.41 Å². The minimum Gasteiger partial charge on any atom is -0.481 e. The molecule has 64 heavy (non-hydrogen) atoms. The number of aliphatic carboxylic acids is 1. The Morgan fingerprint density at radius 1 is 0.750 bits per heavy atom. The number of aliphatic hydroxyl groups is 1. The Labute approximate surface area is 383 Å². The monoisotopic (exact) mass is 914 g/mol. The van der Waals surface area contributed by atoms with E-state index in [-0.39, 0.29) is 31.8 Å². The van der Waals surface area contributed by atoms with Gasteiger partial charge in [0.1, 0.15) is 49.2 Å². The number of carbonyl (C=O) groups is 7. The number of nitrogens with one attached hydrogen (secondary N) is 3. The summed E-state index contributed by atoms with van der Waals surface area (Å²) in [6.45, 7) is 7.52. The van der Waals surface area contributed by atoms with E-state index in [0.29, 0.717) is 11.7 Å². The lowest BCUT2D eigenvalue weighted by Crippen LogP contribution is -2.62. The number of hydrogen-bond donors (Lipinski definition) is 6. The van der Waals surface area contributed by atoms with E-state index < -0.39 is 97.2 Å². The molecule has 4 amide bonds. The van der Waals surface area contributed by atoms with Gasteiger partial charge in [-0.1, -0.05) is 129 Å². The number of carboxylic acids is 1. The highest BCUT2D eigenvalue weighted by atomic mass is 16.6. The Morgan fingerprint density at radius 2 is 1.28 bits per heavy atom. The topological polar surface area (TPSA) is 259 Å². The summed E-state index contributed by atoms with van der Waals surface area (Å²) >= 11 is 0. The maximum Gasteiger partial charge on any atom is 0.309 e. The lowest BCUT2D eigenvalue weighted by Gasteiger charge is -2.41. The van der Waals surface area contributed by atoms with Gasteiger partial charge >= 0.3 is 17.9 Å². The second-order valence-electron chi connectivity index (χ2n) is 17.4. The summed E-state index contributed by atoms with van der Waals surface area (Å²) in [7, 11) is 0. The van der Waals surface area contributed by atoms with E-state index >= 15 is 0 Å². The van der Waals surface area contributed by atoms with Crippen molar-refractivity contribution in [2.45, 2.75) is 244 Å². The van der Waals surface area contributed by atoms with Crippen molar-refractivity contribution in [3.63, 3.8) is 0 Å². The molecule has 1 fully saturated rings. The Hall–Kier alpha value is -3.83. The second-order valence-corrected chi connectivity index (χ2v) is 17.4. The summed E-state index contributed by atoms with van der Waals surface area (Å²) < 4.78 is 31.4. The molecule has 0 radical (unpaired) electrons. The highest BCUT2D eigenvalue weighted by Gasteiger charge is 2.43. The van der Waals surface area contributed by atoms with Gasteiger partial charge in [-0.25, -0.2) is 0 Å². The fraction of sp³-hybridized carbons (Fsp3) is 0.851. The summed E-state index contributed by atoms with van der Waals surface area (Å²) in [4.78, 5) is 87.1. The highest BCUT2D eigenvalue weighted by Crippen LogP contribution is 2.22. The molecule has 8 atom stereocenters. The highest BCUT2D eigenvalue weighted by molar-refractivity contribution is 5.92. The maximum absolute atomic E-state index is 13.3. The molecular weight excluding hydrogens is 829 g/mol. The number of nitrogens with two attached hydrogens (primary N) is 1. The molecule has 1 saturated heterocycles. The Balaban J connectivity index is 2.85. The summed E-state index contributed by atoms with van der Waals surface area (Å²) in [6, 6.07) is -3.80. The molecule has 1 aliphatic heterocycles. The second kappa shape index (κ2) is 35.4. The lowest BCUT2D eigenvalue weighted by atomic mass is 9.97. The van der Waals surface area contributed by atoms with Gasteiger partial charge in [0.15, 0.2) is 1.41 Å². The maximum atomic E-state index is 13.3. The van der Waals surface area contributed by atoms with E-state index in [2.05, 4.69) is 24.5 Å². The molecule has 0 unspecified atom stereocenters. The average molecular weight is 914 g/mol. The molecular formula is C47H84N4O13. The van der Waals surface area contributed by atoms with E-state index in [0.717, 1.165) is 51.4 Å². The molecule has 17 heteroatoms. The molecule has 1 heterocycles. The van der Waals surface area contributed by atoms with E-state index in [1.165, 1.54) is 97.8 Å². The number of hydrogen-bond acceptors (Lipinski definition) is 12. The lowest BCUT2D eigenvalue weighted by molar-refractivity contribution is -0.198. The standard InChI is InChI=1S/C47H84N4O13/c1-6-8-10-12-14-16-17-19-21-23-25-27-41(55)64-36(26-24-22-20-18-15-13-11-9-7-2)30-42(56)62-32-39-43(57)44(38(31-61-39)50-35(5)52)63-34(4)47(60)49-33(3)46(59)51-37(45(48)58)28-29-40(53)54/h33-34,36-39,43-44,57H,6-32H2,1-5H3,(H2,48,58)(H,49,60)(H,50,52)(H,51,59)(H,53,54)/t33-,34+,36+,37-,38-,39+,43+,44+/m0/s1/i/hD. The summed E-state index contributed by atoms with van der Waals surface area (Å²) in [5.74, 6) is -5.68. The third kappa shape index (κ3) is 27.5. The smallest absolute Gasteiger partial charge is 0.309 e. The molecule has 1 rings (SSSR count). The first-order chi connectivity index (χ1) is 31.0. The molecule has 1 aliphatic rings. The van der Waals surface area contributed by atoms with Gasteiger partial charge in [0, 0.05) is 19.8 Å². The van der Waals surface area contributed by atoms with Gasteiger partial charge in [0.05, 0.1) is 19.1 Å². The number of ether oxygens (including phenoxy) is 4. The van der Waals surface area contributed by atoms with Gasteiger partial charge in [-0.05, 0) is 39.5 Å². The quantitative estimate of drug-likeness (QED) is 0.0315. The van der Waals surface area contributed by atoms with Crippen molar-refractivity contribution in [3.8, 4) is 0 Å². The van der Waals surface area contributed by atoms with E-state index in [1.54, 1.807) is 0 Å². The third-order valence-electron chi connectivity index (χ3n) is 11.4. The molecule has 0 spiro atoms. The van der Waals surface area contributed by atoms with E-state index in [1.807, 2.05) is 0 Å². The average Bonchev–Trinajstić information content (AvgIpc) is 3.25. The van der Waals surface area contributed by atoms with Gasteiger partial charge in [0.25, 0.3) is 0 Å². The Bertz CT molecular complexity index is 1410. The third-order valence-corrected chi connectivity index (χ3v) is 11.4. The van der Waals surface area contributed by atoms with Crippen LogP contribution in [0.15, 0.2) is 0 Å². The van der Waals surface area contributed by atoms with Crippen molar-refractivity contribution < 1.29 is 64.1 Å². The van der Waals surface area contributed by atoms with Gasteiger partial charge in [-0.3, -0.25) is 33.6 Å². The largest absolute Gasteiger partial charge is 0.481 e. The molecule has 370 valence electrons. The van der Waals surface area contributed by atoms with Crippen molar-refractivity contribution >= 4 is 41.5 Å². The van der Waals surface area contributed by atoms with E-state index in [4.69, 9.17) is 31.2 Å². The van der Waals surface area contributed by atoms with Crippen LogP contribution in [0.1, 0.15) is 195 Å². The van der Waals surface area contributed by atoms with Crippen molar-refractivity contribution in [1.29, 1.82) is 0 Å². The van der Waals surface area contributed by atoms with Crippen LogP contribution in [0, 0.1) is 0 Å². The zero-order valence-electron chi connectivity index (χ0n) is 40.6. The molecule has 0 aromatic heterocycles. The predicted octanol–water partition coefficient (Wildman–Crippen LogP) is 5.83. The number of esters is 2. The van der Waals surface area contributed by atoms with Crippen LogP contribution in [0.5, 0.6) is 0 Å². The number of carbonyl (C=O) groups excluding carboxylic acids is 6. The molecule has 0 aliphatic carbocycles. The van der Waals surface area contributed by atoms with Crippen molar-refractivity contribution in [1.82, 2.24) is 15.9 Å². The zero-order valence-corrected chi connectivity index (χ0v) is 39.6. The normalized spacial score (nSPS) is 19.3. The van der Waals surface area contributed by atoms with Gasteiger partial charge in [0.2, 0.25) is 23.6 Å². The minimum absolute atomic E-state index is 0.186. The van der Waals surface area contributed by atoms with Crippen LogP contribution in [-0.2, 0) is 52.5 Å². The zero-order chi connectivity index (χ0) is 48.6. The number of carboxylic acid groups (broad SMARTS) is 1. The first-order valence-corrected chi connectivity index (χ1v) is 24.2. The minimum atomic E-state index is -1.55. The number of amides is 4. The molecule has 17 nitrogen and oxygen atoms in total. The van der Waals surface area contributed by atoms with Crippen LogP contribution >= 0.6 is 0 Å². The van der Waals surface area contributed by atoms with Crippen LogP contribution in [0.25, 0.3) is 0 Å². The van der Waals surface area contributed by atoms with Crippen LogP contribution < -0.4 is 21.7 Å². The fourth-order valence-electron chi connectivity index (χ4n) is 7.55. The summed E-state index contributed by atoms with van der Waals surface area (Å²) in [6.07, 6.45) is 16.5. The molecule has 0 aromatic carbocycles.